The van der Waals surface area contributed by atoms with Crippen molar-refractivity contribution in [1.82, 2.24) is 0 Å². The van der Waals surface area contributed by atoms with Crippen molar-refractivity contribution in [2.24, 2.45) is 0 Å². The van der Waals surface area contributed by atoms with E-state index >= 15 is 0 Å². The Kier molecular flexibility index (Phi) is 7.59. The van der Waals surface area contributed by atoms with E-state index in [4.69, 9.17) is 25.8 Å². The van der Waals surface area contributed by atoms with Crippen molar-refractivity contribution in [2.45, 2.75) is 44.1 Å². The molecule has 0 aliphatic heterocycles. The number of ether oxygens (including phenoxy) is 3. The van der Waals surface area contributed by atoms with Crippen LogP contribution in [0.5, 0.6) is 11.5 Å². The molecule has 30 heavy (non-hydrogen) atoms. The zero-order valence-corrected chi connectivity index (χ0v) is 17.8. The number of carbonyl (C=O) groups is 1. The van der Waals surface area contributed by atoms with Crippen LogP contribution in [0, 0.1) is 17.7 Å². The molecule has 3 rings (SSSR count). The fourth-order valence-electron chi connectivity index (χ4n) is 3.43. The molecule has 2 aromatic rings. The summed E-state index contributed by atoms with van der Waals surface area (Å²) in [5.41, 5.74) is 1.28. The van der Waals surface area contributed by atoms with Crippen molar-refractivity contribution >= 4 is 17.6 Å². The van der Waals surface area contributed by atoms with Crippen molar-refractivity contribution in [1.29, 1.82) is 0 Å². The van der Waals surface area contributed by atoms with E-state index < -0.39 is 11.7 Å². The fourth-order valence-corrected chi connectivity index (χ4v) is 3.55. The van der Waals surface area contributed by atoms with Crippen molar-refractivity contribution in [2.75, 3.05) is 14.2 Å². The van der Waals surface area contributed by atoms with Gasteiger partial charge in [0.05, 0.1) is 37.7 Å². The molecular formula is C24H24ClFO4. The molecule has 1 aliphatic rings. The van der Waals surface area contributed by atoms with Gasteiger partial charge in [0.25, 0.3) is 0 Å². The molecule has 0 radical (unpaired) electrons. The highest BCUT2D eigenvalue weighted by molar-refractivity contribution is 6.30. The first kappa shape index (κ1) is 22.0. The predicted octanol–water partition coefficient (Wildman–Crippen LogP) is 5.51. The molecule has 0 saturated heterocycles. The van der Waals surface area contributed by atoms with Crippen LogP contribution < -0.4 is 9.47 Å². The maximum Gasteiger partial charge on any atom is 0.307 e. The molecule has 2 aromatic carbocycles. The molecule has 0 heterocycles. The summed E-state index contributed by atoms with van der Waals surface area (Å²) in [5, 5.41) is 0.0375. The summed E-state index contributed by atoms with van der Waals surface area (Å²) in [6.07, 6.45) is 4.56. The van der Waals surface area contributed by atoms with Gasteiger partial charge >= 0.3 is 5.97 Å². The third kappa shape index (κ3) is 5.67. The number of hydrogen-bond acceptors (Lipinski definition) is 4. The third-order valence-electron chi connectivity index (χ3n) is 5.09. The summed E-state index contributed by atoms with van der Waals surface area (Å²) in [6.45, 7) is 0. The van der Waals surface area contributed by atoms with Crippen molar-refractivity contribution in [3.05, 3.63) is 58.4 Å². The Hall–Kier alpha value is -2.71. The van der Waals surface area contributed by atoms with Crippen molar-refractivity contribution in [3.63, 3.8) is 0 Å². The second kappa shape index (κ2) is 10.4. The number of benzene rings is 2. The van der Waals surface area contributed by atoms with Crippen LogP contribution in [0.4, 0.5) is 4.39 Å². The molecule has 4 nitrogen and oxygen atoms in total. The molecule has 6 heteroatoms. The maximum absolute atomic E-state index is 13.7. The molecule has 0 aromatic heterocycles. The number of halogens is 2. The Morgan fingerprint density at radius 1 is 1.17 bits per heavy atom. The zero-order valence-electron chi connectivity index (χ0n) is 17.0. The molecule has 0 bridgehead atoms. The highest BCUT2D eigenvalue weighted by Gasteiger charge is 2.21. The van der Waals surface area contributed by atoms with E-state index in [2.05, 4.69) is 11.8 Å². The van der Waals surface area contributed by atoms with E-state index in [0.717, 1.165) is 31.2 Å². The summed E-state index contributed by atoms with van der Waals surface area (Å²) < 4.78 is 30.1. The van der Waals surface area contributed by atoms with Crippen LogP contribution in [0.15, 0.2) is 36.4 Å². The summed E-state index contributed by atoms with van der Waals surface area (Å²) in [6, 6.07) is 9.89. The number of hydrogen-bond donors (Lipinski definition) is 0. The van der Waals surface area contributed by atoms with Crippen LogP contribution in [-0.2, 0) is 9.53 Å². The number of rotatable bonds is 6. The highest BCUT2D eigenvalue weighted by atomic mass is 35.5. The predicted molar refractivity (Wildman–Crippen MR) is 114 cm³/mol. The second-order valence-electron chi connectivity index (χ2n) is 7.17. The minimum absolute atomic E-state index is 0.0375. The molecule has 158 valence electrons. The SMILES string of the molecule is COC(=O)CC(C#Cc1ccc(Cl)c(F)c1)c1ccc(OC)c(OC2CCCC2)c1. The van der Waals surface area contributed by atoms with Gasteiger partial charge in [-0.1, -0.05) is 29.5 Å². The number of esters is 1. The molecule has 1 saturated carbocycles. The fraction of sp³-hybridized carbons (Fsp3) is 0.375. The Morgan fingerprint density at radius 2 is 1.93 bits per heavy atom. The van der Waals surface area contributed by atoms with Gasteiger partial charge in [-0.25, -0.2) is 4.39 Å². The average Bonchev–Trinajstić information content (AvgIpc) is 3.26. The first-order chi connectivity index (χ1) is 14.5. The monoisotopic (exact) mass is 430 g/mol. The topological polar surface area (TPSA) is 44.8 Å². The van der Waals surface area contributed by atoms with Gasteiger partial charge in [-0.05, 0) is 61.6 Å². The summed E-state index contributed by atoms with van der Waals surface area (Å²) in [5.74, 6) is 5.90. The Morgan fingerprint density at radius 3 is 2.60 bits per heavy atom. The van der Waals surface area contributed by atoms with Crippen molar-refractivity contribution in [3.8, 4) is 23.3 Å². The lowest BCUT2D eigenvalue weighted by molar-refractivity contribution is -0.140. The maximum atomic E-state index is 13.7. The number of methoxy groups -OCH3 is 2. The average molecular weight is 431 g/mol. The molecule has 1 fully saturated rings. The molecule has 0 N–H and O–H groups in total. The van der Waals surface area contributed by atoms with Crippen LogP contribution in [-0.4, -0.2) is 26.3 Å². The Labute approximate surface area is 181 Å². The minimum Gasteiger partial charge on any atom is -0.493 e. The van der Waals surface area contributed by atoms with Crippen LogP contribution in [0.25, 0.3) is 0 Å². The lowest BCUT2D eigenvalue weighted by Gasteiger charge is -2.18. The van der Waals surface area contributed by atoms with Gasteiger partial charge in [0.1, 0.15) is 5.82 Å². The Balaban J connectivity index is 1.91. The first-order valence-electron chi connectivity index (χ1n) is 9.88. The van der Waals surface area contributed by atoms with Gasteiger partial charge in [0.15, 0.2) is 11.5 Å². The summed E-state index contributed by atoms with van der Waals surface area (Å²) in [4.78, 5) is 12.0. The zero-order chi connectivity index (χ0) is 21.5. The molecule has 1 atom stereocenters. The van der Waals surface area contributed by atoms with E-state index in [1.807, 2.05) is 18.2 Å². The molecule has 0 amide bonds. The largest absolute Gasteiger partial charge is 0.493 e. The normalized spacial score (nSPS) is 14.5. The molecule has 1 unspecified atom stereocenters. The van der Waals surface area contributed by atoms with Gasteiger partial charge in [-0.3, -0.25) is 4.79 Å². The quantitative estimate of drug-likeness (QED) is 0.448. The lowest BCUT2D eigenvalue weighted by Crippen LogP contribution is -2.12. The standard InChI is InChI=1S/C24H24ClFO4/c1-28-22-12-10-17(14-23(22)30-19-5-3-4-6-19)18(15-24(27)29-2)9-7-16-8-11-20(25)21(26)13-16/h8,10-14,18-19H,3-6,15H2,1-2H3. The van der Waals surface area contributed by atoms with E-state index in [9.17, 15) is 9.18 Å². The highest BCUT2D eigenvalue weighted by Crippen LogP contribution is 2.35. The van der Waals surface area contributed by atoms with Crippen LogP contribution in [0.2, 0.25) is 5.02 Å². The van der Waals surface area contributed by atoms with E-state index in [0.29, 0.717) is 17.1 Å². The summed E-state index contributed by atoms with van der Waals surface area (Å²) in [7, 11) is 2.93. The van der Waals surface area contributed by atoms with Crippen LogP contribution in [0.3, 0.4) is 0 Å². The second-order valence-corrected chi connectivity index (χ2v) is 7.57. The summed E-state index contributed by atoms with van der Waals surface area (Å²) >= 11 is 5.73. The lowest BCUT2D eigenvalue weighted by atomic mass is 9.95. The van der Waals surface area contributed by atoms with Gasteiger partial charge in [0.2, 0.25) is 0 Å². The third-order valence-corrected chi connectivity index (χ3v) is 5.40. The van der Waals surface area contributed by atoms with Crippen LogP contribution in [0.1, 0.15) is 49.1 Å². The van der Waals surface area contributed by atoms with Crippen molar-refractivity contribution < 1.29 is 23.4 Å². The van der Waals surface area contributed by atoms with Gasteiger partial charge < -0.3 is 14.2 Å². The number of carbonyl (C=O) groups excluding carboxylic acids is 1. The first-order valence-corrected chi connectivity index (χ1v) is 10.3. The van der Waals surface area contributed by atoms with Crippen LogP contribution >= 0.6 is 11.6 Å². The molecule has 0 spiro atoms. The van der Waals surface area contributed by atoms with E-state index in [-0.39, 0.29) is 23.5 Å². The van der Waals surface area contributed by atoms with E-state index in [1.165, 1.54) is 19.2 Å². The van der Waals surface area contributed by atoms with Gasteiger partial charge in [-0.2, -0.15) is 0 Å². The molecule has 1 aliphatic carbocycles. The van der Waals surface area contributed by atoms with Gasteiger partial charge in [0, 0.05) is 5.56 Å². The van der Waals surface area contributed by atoms with E-state index in [1.54, 1.807) is 13.2 Å². The molecular weight excluding hydrogens is 407 g/mol. The smallest absolute Gasteiger partial charge is 0.307 e. The van der Waals surface area contributed by atoms with Gasteiger partial charge in [-0.15, -0.1) is 0 Å². The minimum atomic E-state index is -0.537. The Bertz CT molecular complexity index is 957.